The van der Waals surface area contributed by atoms with Gasteiger partial charge in [-0.15, -0.1) is 0 Å². The molecule has 35 heavy (non-hydrogen) atoms. The van der Waals surface area contributed by atoms with Gasteiger partial charge in [0.05, 0.1) is 30.5 Å². The second kappa shape index (κ2) is 12.1. The molecule has 1 aromatic rings. The largest absolute Gasteiger partial charge is 0.481 e. The number of nitrogens with zero attached hydrogens (tertiary/aromatic N) is 1. The second-order valence-electron chi connectivity index (χ2n) is 7.97. The van der Waals surface area contributed by atoms with Crippen molar-refractivity contribution in [1.29, 1.82) is 0 Å². The van der Waals surface area contributed by atoms with E-state index in [-0.39, 0.29) is 11.3 Å². The van der Waals surface area contributed by atoms with Gasteiger partial charge in [0.15, 0.2) is 5.75 Å². The number of aliphatic carboxylic acids is 3. The molecule has 14 heteroatoms. The Balaban J connectivity index is 2.55. The van der Waals surface area contributed by atoms with Crippen molar-refractivity contribution in [2.45, 2.75) is 45.2 Å². The minimum atomic E-state index is -1.56. The predicted molar refractivity (Wildman–Crippen MR) is 112 cm³/mol. The molecule has 1 fully saturated rings. The SMILES string of the molecule is CC(=O)OC[C@@H]1O[C@@H](Oc2ccc(CO)cc2[N+](=O)[O-])[C@H](CC(=O)O)[C@@H](CC(=O)O)[C@@H]1CC(=O)O. The van der Waals surface area contributed by atoms with E-state index >= 15 is 0 Å². The number of nitro groups is 1. The van der Waals surface area contributed by atoms with Gasteiger partial charge in [0.2, 0.25) is 6.29 Å². The first-order chi connectivity index (χ1) is 16.4. The van der Waals surface area contributed by atoms with Crippen LogP contribution in [0, 0.1) is 27.9 Å². The lowest BCUT2D eigenvalue weighted by Crippen LogP contribution is -2.53. The van der Waals surface area contributed by atoms with Crippen LogP contribution < -0.4 is 4.74 Å². The number of hydrogen-bond acceptors (Lipinski definition) is 10. The van der Waals surface area contributed by atoms with E-state index in [1.165, 1.54) is 12.1 Å². The van der Waals surface area contributed by atoms with Crippen molar-refractivity contribution in [3.05, 3.63) is 33.9 Å². The smallest absolute Gasteiger partial charge is 0.311 e. The minimum Gasteiger partial charge on any atom is -0.481 e. The fraction of sp³-hybridized carbons (Fsp3) is 0.524. The summed E-state index contributed by atoms with van der Waals surface area (Å²) in [5, 5.41) is 49.0. The number of carbonyl (C=O) groups is 4. The molecule has 0 radical (unpaired) electrons. The topological polar surface area (TPSA) is 220 Å². The van der Waals surface area contributed by atoms with Gasteiger partial charge < -0.3 is 34.6 Å². The Morgan fingerprint density at radius 1 is 1.00 bits per heavy atom. The number of carboxylic acid groups (broad SMARTS) is 3. The zero-order valence-electron chi connectivity index (χ0n) is 18.6. The lowest BCUT2D eigenvalue weighted by molar-refractivity contribution is -0.387. The number of hydrogen-bond donors (Lipinski definition) is 4. The maximum absolute atomic E-state index is 11.6. The number of benzene rings is 1. The highest BCUT2D eigenvalue weighted by molar-refractivity contribution is 5.70. The third kappa shape index (κ3) is 7.61. The van der Waals surface area contributed by atoms with Gasteiger partial charge in [-0.2, -0.15) is 0 Å². The molecule has 0 saturated carbocycles. The Morgan fingerprint density at radius 3 is 2.09 bits per heavy atom. The predicted octanol–water partition coefficient (Wildman–Crippen LogP) is 1.03. The van der Waals surface area contributed by atoms with Gasteiger partial charge in [-0.1, -0.05) is 6.07 Å². The zero-order valence-corrected chi connectivity index (χ0v) is 18.6. The van der Waals surface area contributed by atoms with E-state index in [0.717, 1.165) is 13.0 Å². The number of ether oxygens (including phenoxy) is 3. The highest BCUT2D eigenvalue weighted by atomic mass is 16.7. The second-order valence-corrected chi connectivity index (χ2v) is 7.97. The van der Waals surface area contributed by atoms with Gasteiger partial charge in [0.1, 0.15) is 6.61 Å². The van der Waals surface area contributed by atoms with Crippen LogP contribution in [0.5, 0.6) is 5.75 Å². The lowest BCUT2D eigenvalue weighted by Gasteiger charge is -2.45. The van der Waals surface area contributed by atoms with Crippen LogP contribution in [0.15, 0.2) is 18.2 Å². The summed E-state index contributed by atoms with van der Waals surface area (Å²) in [6.45, 7) is 0.121. The third-order valence-corrected chi connectivity index (χ3v) is 5.56. The van der Waals surface area contributed by atoms with Crippen molar-refractivity contribution < 1.29 is 58.7 Å². The number of nitro benzene ring substituents is 1. The summed E-state index contributed by atoms with van der Waals surface area (Å²) >= 11 is 0. The Kier molecular flexibility index (Phi) is 9.48. The average Bonchev–Trinajstić information content (AvgIpc) is 2.75. The third-order valence-electron chi connectivity index (χ3n) is 5.56. The van der Waals surface area contributed by atoms with Crippen molar-refractivity contribution >= 4 is 29.6 Å². The summed E-state index contributed by atoms with van der Waals surface area (Å²) < 4.78 is 16.4. The number of carbonyl (C=O) groups excluding carboxylic acids is 1. The Hall–Kier alpha value is -3.78. The van der Waals surface area contributed by atoms with Gasteiger partial charge in [0, 0.05) is 31.2 Å². The first kappa shape index (κ1) is 27.5. The van der Waals surface area contributed by atoms with Crippen LogP contribution in [-0.2, 0) is 35.3 Å². The van der Waals surface area contributed by atoms with E-state index in [1.54, 1.807) is 0 Å². The molecular weight excluding hydrogens is 474 g/mol. The molecule has 0 spiro atoms. The molecule has 1 aliphatic rings. The normalized spacial score (nSPS) is 23.8. The van der Waals surface area contributed by atoms with E-state index in [2.05, 4.69) is 0 Å². The standard InChI is InChI=1S/C21H25NO13/c1-10(24)33-9-17-13(6-19(27)28)12(5-18(25)26)14(7-20(29)30)21(35-17)34-16-3-2-11(8-23)4-15(16)22(31)32/h2-4,12-14,17,21,23H,5-9H2,1H3,(H,25,26)(H,27,28)(H,29,30)/t12-,13-,14+,17-,21+/m0/s1. The van der Waals surface area contributed by atoms with E-state index in [0.29, 0.717) is 0 Å². The maximum atomic E-state index is 11.6. The molecule has 0 aromatic heterocycles. The van der Waals surface area contributed by atoms with Gasteiger partial charge >= 0.3 is 29.6 Å². The van der Waals surface area contributed by atoms with Gasteiger partial charge in [-0.25, -0.2) is 0 Å². The molecule has 14 nitrogen and oxygen atoms in total. The summed E-state index contributed by atoms with van der Waals surface area (Å²) in [5.41, 5.74) is -0.359. The Labute approximate surface area is 198 Å². The number of rotatable bonds is 12. The Morgan fingerprint density at radius 2 is 1.57 bits per heavy atom. The van der Waals surface area contributed by atoms with Crippen molar-refractivity contribution in [2.24, 2.45) is 17.8 Å². The number of aliphatic hydroxyl groups is 1. The molecule has 2 rings (SSSR count). The molecular formula is C21H25NO13. The fourth-order valence-corrected chi connectivity index (χ4v) is 4.11. The summed E-state index contributed by atoms with van der Waals surface area (Å²) in [7, 11) is 0. The van der Waals surface area contributed by atoms with Crippen LogP contribution in [0.25, 0.3) is 0 Å². The summed E-state index contributed by atoms with van der Waals surface area (Å²) in [5.74, 6) is -8.49. The zero-order chi connectivity index (χ0) is 26.3. The number of carboxylic acids is 3. The highest BCUT2D eigenvalue weighted by Gasteiger charge is 2.49. The van der Waals surface area contributed by atoms with Crippen LogP contribution in [0.4, 0.5) is 5.69 Å². The molecule has 1 aromatic carbocycles. The van der Waals surface area contributed by atoms with Crippen LogP contribution in [-0.4, -0.2) is 68.2 Å². The Bertz CT molecular complexity index is 978. The average molecular weight is 499 g/mol. The lowest BCUT2D eigenvalue weighted by atomic mass is 9.71. The highest BCUT2D eigenvalue weighted by Crippen LogP contribution is 2.43. The summed E-state index contributed by atoms with van der Waals surface area (Å²) in [6.07, 6.45) is -4.72. The molecule has 1 aliphatic heterocycles. The molecule has 0 aliphatic carbocycles. The van der Waals surface area contributed by atoms with E-state index in [4.69, 9.17) is 14.2 Å². The van der Waals surface area contributed by atoms with Crippen LogP contribution >= 0.6 is 0 Å². The molecule has 0 unspecified atom stereocenters. The fourth-order valence-electron chi connectivity index (χ4n) is 4.11. The first-order valence-electron chi connectivity index (χ1n) is 10.4. The van der Waals surface area contributed by atoms with Gasteiger partial charge in [-0.3, -0.25) is 29.3 Å². The van der Waals surface area contributed by atoms with E-state index in [9.17, 15) is 49.7 Å². The van der Waals surface area contributed by atoms with Crippen LogP contribution in [0.3, 0.4) is 0 Å². The van der Waals surface area contributed by atoms with Gasteiger partial charge in [0.25, 0.3) is 0 Å². The molecule has 1 heterocycles. The molecule has 1 saturated heterocycles. The molecule has 192 valence electrons. The van der Waals surface area contributed by atoms with Crippen molar-refractivity contribution in [3.63, 3.8) is 0 Å². The number of esters is 1. The minimum absolute atomic E-state index is 0.203. The van der Waals surface area contributed by atoms with Crippen LogP contribution in [0.2, 0.25) is 0 Å². The summed E-state index contributed by atoms with van der Waals surface area (Å²) in [4.78, 5) is 56.8. The van der Waals surface area contributed by atoms with Crippen molar-refractivity contribution in [3.8, 4) is 5.75 Å². The van der Waals surface area contributed by atoms with E-state index in [1.807, 2.05) is 0 Å². The first-order valence-corrected chi connectivity index (χ1v) is 10.4. The molecule has 0 amide bonds. The quantitative estimate of drug-likeness (QED) is 0.179. The van der Waals surface area contributed by atoms with E-state index < -0.39 is 97.1 Å². The van der Waals surface area contributed by atoms with Crippen LogP contribution in [0.1, 0.15) is 31.7 Å². The monoisotopic (exact) mass is 499 g/mol. The summed E-state index contributed by atoms with van der Waals surface area (Å²) in [6, 6.07) is 3.54. The van der Waals surface area contributed by atoms with Crippen molar-refractivity contribution in [1.82, 2.24) is 0 Å². The molecule has 5 atom stereocenters. The maximum Gasteiger partial charge on any atom is 0.311 e. The molecule has 0 bridgehead atoms. The van der Waals surface area contributed by atoms with Gasteiger partial charge in [-0.05, 0) is 17.5 Å². The number of aliphatic hydroxyl groups excluding tert-OH is 1. The van der Waals surface area contributed by atoms with Crippen molar-refractivity contribution in [2.75, 3.05) is 6.61 Å². The molecule has 4 N–H and O–H groups in total.